The van der Waals surface area contributed by atoms with E-state index in [9.17, 15) is 5.11 Å². The summed E-state index contributed by atoms with van der Waals surface area (Å²) >= 11 is 2.17. The number of aromatic nitrogens is 4. The van der Waals surface area contributed by atoms with Crippen LogP contribution < -0.4 is 11.3 Å². The first-order valence-corrected chi connectivity index (χ1v) is 8.98. The number of para-hydroxylation sites is 3. The number of nitrogens with zero attached hydrogens (tertiary/aromatic N) is 4. The maximum absolute atomic E-state index is 9.88. The van der Waals surface area contributed by atoms with Crippen molar-refractivity contribution in [3.63, 3.8) is 0 Å². The maximum Gasteiger partial charge on any atom is 0.169 e. The zero-order chi connectivity index (χ0) is 18.1. The highest BCUT2D eigenvalue weighted by Gasteiger charge is 2.22. The van der Waals surface area contributed by atoms with Crippen LogP contribution >= 0.6 is 22.6 Å². The lowest BCUT2D eigenvalue weighted by Crippen LogP contribution is -2.11. The second-order valence-corrected chi connectivity index (χ2v) is 6.65. The molecule has 4 N–H and O–H groups in total. The van der Waals surface area contributed by atoms with E-state index < -0.39 is 0 Å². The zero-order valence-electron chi connectivity index (χ0n) is 13.6. The molecule has 0 atom stereocenters. The lowest BCUT2D eigenvalue weighted by molar-refractivity contribution is 0.272. The van der Waals surface area contributed by atoms with Gasteiger partial charge in [-0.3, -0.25) is 0 Å². The highest BCUT2D eigenvalue weighted by molar-refractivity contribution is 14.1. The molecule has 0 radical (unpaired) electrons. The van der Waals surface area contributed by atoms with Crippen molar-refractivity contribution in [1.82, 2.24) is 19.7 Å². The van der Waals surface area contributed by atoms with Gasteiger partial charge >= 0.3 is 0 Å². The summed E-state index contributed by atoms with van der Waals surface area (Å²) in [4.78, 5) is 9.23. The number of hydrogen-bond donors (Lipinski definition) is 3. The van der Waals surface area contributed by atoms with Crippen LogP contribution in [0, 0.1) is 3.57 Å². The SMILES string of the molecule is NNc1nc2ccccc2nc1-c1nn(-c2ccccc2)c(CO)c1I. The van der Waals surface area contributed by atoms with Gasteiger partial charge in [-0.2, -0.15) is 5.10 Å². The minimum Gasteiger partial charge on any atom is -0.390 e. The number of nitrogens with one attached hydrogen (secondary N) is 1. The normalized spacial score (nSPS) is 11.0. The van der Waals surface area contributed by atoms with Crippen LogP contribution in [-0.2, 0) is 6.61 Å². The van der Waals surface area contributed by atoms with Gasteiger partial charge in [-0.05, 0) is 46.9 Å². The van der Waals surface area contributed by atoms with Crippen LogP contribution in [-0.4, -0.2) is 24.9 Å². The molecule has 0 fully saturated rings. The van der Waals surface area contributed by atoms with Gasteiger partial charge in [0.25, 0.3) is 0 Å². The van der Waals surface area contributed by atoms with Crippen LogP contribution in [0.3, 0.4) is 0 Å². The molecule has 0 bridgehead atoms. The van der Waals surface area contributed by atoms with Crippen molar-refractivity contribution in [1.29, 1.82) is 0 Å². The Hall–Kier alpha value is -2.56. The van der Waals surface area contributed by atoms with Crippen molar-refractivity contribution in [2.45, 2.75) is 6.61 Å². The molecule has 7 nitrogen and oxygen atoms in total. The molecule has 2 heterocycles. The van der Waals surface area contributed by atoms with Crippen LogP contribution in [0.4, 0.5) is 5.82 Å². The summed E-state index contributed by atoms with van der Waals surface area (Å²) in [6.45, 7) is -0.146. The van der Waals surface area contributed by atoms with Crippen LogP contribution in [0.15, 0.2) is 54.6 Å². The monoisotopic (exact) mass is 458 g/mol. The summed E-state index contributed by atoms with van der Waals surface area (Å²) in [5, 5.41) is 14.6. The Balaban J connectivity index is 1.96. The van der Waals surface area contributed by atoms with E-state index >= 15 is 0 Å². The average Bonchev–Trinajstić information content (AvgIpc) is 3.03. The summed E-state index contributed by atoms with van der Waals surface area (Å²) in [6.07, 6.45) is 0. The van der Waals surface area contributed by atoms with Crippen molar-refractivity contribution in [3.05, 3.63) is 63.9 Å². The summed E-state index contributed by atoms with van der Waals surface area (Å²) < 4.78 is 2.52. The third kappa shape index (κ3) is 2.81. The Morgan fingerprint density at radius 3 is 2.27 bits per heavy atom. The maximum atomic E-state index is 9.88. The summed E-state index contributed by atoms with van der Waals surface area (Å²) in [5.41, 5.74) is 6.80. The summed E-state index contributed by atoms with van der Waals surface area (Å²) in [6, 6.07) is 17.2. The lowest BCUT2D eigenvalue weighted by atomic mass is 10.2. The molecule has 0 aliphatic heterocycles. The molecule has 0 unspecified atom stereocenters. The number of hydrazine groups is 1. The average molecular weight is 458 g/mol. The number of aliphatic hydroxyl groups excluding tert-OH is 1. The van der Waals surface area contributed by atoms with Gasteiger partial charge in [-0.25, -0.2) is 20.5 Å². The van der Waals surface area contributed by atoms with Crippen molar-refractivity contribution >= 4 is 39.4 Å². The molecule has 0 spiro atoms. The largest absolute Gasteiger partial charge is 0.390 e. The summed E-state index contributed by atoms with van der Waals surface area (Å²) in [7, 11) is 0. The topological polar surface area (TPSA) is 102 Å². The predicted molar refractivity (Wildman–Crippen MR) is 109 cm³/mol. The van der Waals surface area contributed by atoms with Crippen molar-refractivity contribution in [3.8, 4) is 17.1 Å². The number of aliphatic hydroxyl groups is 1. The number of fused-ring (bicyclic) bond motifs is 1. The van der Waals surface area contributed by atoms with Gasteiger partial charge < -0.3 is 10.5 Å². The zero-order valence-corrected chi connectivity index (χ0v) is 15.8. The van der Waals surface area contributed by atoms with E-state index in [1.54, 1.807) is 4.68 Å². The van der Waals surface area contributed by atoms with Crippen molar-refractivity contribution < 1.29 is 5.11 Å². The first kappa shape index (κ1) is 16.9. The molecule has 0 saturated heterocycles. The van der Waals surface area contributed by atoms with E-state index in [4.69, 9.17) is 10.8 Å². The minimum absolute atomic E-state index is 0.146. The Bertz CT molecular complexity index is 1080. The molecular formula is C18H15IN6O. The Labute approximate surface area is 163 Å². The summed E-state index contributed by atoms with van der Waals surface area (Å²) in [5.74, 6) is 6.11. The van der Waals surface area contributed by atoms with Crippen molar-refractivity contribution in [2.24, 2.45) is 5.84 Å². The van der Waals surface area contributed by atoms with Gasteiger partial charge in [0, 0.05) is 0 Å². The van der Waals surface area contributed by atoms with Crippen LogP contribution in [0.25, 0.3) is 28.1 Å². The second kappa shape index (κ2) is 6.98. The highest BCUT2D eigenvalue weighted by atomic mass is 127. The smallest absolute Gasteiger partial charge is 0.169 e. The van der Waals surface area contributed by atoms with Gasteiger partial charge in [0.15, 0.2) is 5.82 Å². The standard InChI is InChI=1S/C18H15IN6O/c19-15-14(10-26)25(11-6-2-1-3-7-11)24-16(15)17-18(23-20)22-13-9-5-4-8-12(13)21-17/h1-9,26H,10,20H2,(H,22,23). The van der Waals surface area contributed by atoms with Gasteiger partial charge in [0.05, 0.1) is 32.6 Å². The van der Waals surface area contributed by atoms with Crippen LogP contribution in [0.2, 0.25) is 0 Å². The molecule has 8 heteroatoms. The Morgan fingerprint density at radius 2 is 1.62 bits per heavy atom. The fourth-order valence-electron chi connectivity index (χ4n) is 2.77. The van der Waals surface area contributed by atoms with Crippen LogP contribution in [0.1, 0.15) is 5.69 Å². The third-order valence-corrected chi connectivity index (χ3v) is 5.13. The third-order valence-electron chi connectivity index (χ3n) is 4.00. The number of benzene rings is 2. The van der Waals surface area contributed by atoms with E-state index in [-0.39, 0.29) is 6.61 Å². The molecule has 2 aromatic carbocycles. The van der Waals surface area contributed by atoms with E-state index in [2.05, 4.69) is 38.1 Å². The number of nitrogens with two attached hydrogens (primary N) is 1. The van der Waals surface area contributed by atoms with Gasteiger partial charge in [-0.15, -0.1) is 0 Å². The first-order valence-electron chi connectivity index (χ1n) is 7.90. The molecule has 2 aromatic heterocycles. The first-order chi connectivity index (χ1) is 12.7. The van der Waals surface area contributed by atoms with Gasteiger partial charge in [-0.1, -0.05) is 30.3 Å². The molecule has 4 rings (SSSR count). The van der Waals surface area contributed by atoms with Gasteiger partial charge in [0.1, 0.15) is 11.4 Å². The highest BCUT2D eigenvalue weighted by Crippen LogP contribution is 2.32. The minimum atomic E-state index is -0.146. The lowest BCUT2D eigenvalue weighted by Gasteiger charge is -2.07. The number of anilines is 1. The number of rotatable bonds is 4. The fourth-order valence-corrected chi connectivity index (χ4v) is 3.53. The molecule has 0 aliphatic rings. The molecule has 4 aromatic rings. The Morgan fingerprint density at radius 1 is 0.962 bits per heavy atom. The molecule has 0 amide bonds. The van der Waals surface area contributed by atoms with E-state index in [1.807, 2.05) is 54.6 Å². The Kier molecular flexibility index (Phi) is 4.53. The molecular weight excluding hydrogens is 443 g/mol. The number of nitrogen functional groups attached to an aromatic ring is 1. The van der Waals surface area contributed by atoms with Crippen LogP contribution in [0.5, 0.6) is 0 Å². The molecule has 130 valence electrons. The van der Waals surface area contributed by atoms with Gasteiger partial charge in [0.2, 0.25) is 0 Å². The molecule has 26 heavy (non-hydrogen) atoms. The van der Waals surface area contributed by atoms with E-state index in [1.165, 1.54) is 0 Å². The number of halogens is 1. The molecule has 0 saturated carbocycles. The number of hydrogen-bond acceptors (Lipinski definition) is 6. The predicted octanol–water partition coefficient (Wildman–Crippen LogP) is 2.87. The fraction of sp³-hybridized carbons (Fsp3) is 0.0556. The quantitative estimate of drug-likeness (QED) is 0.247. The molecule has 0 aliphatic carbocycles. The second-order valence-electron chi connectivity index (χ2n) is 5.57. The van der Waals surface area contributed by atoms with E-state index in [0.717, 1.165) is 20.3 Å². The van der Waals surface area contributed by atoms with E-state index in [0.29, 0.717) is 22.9 Å². The van der Waals surface area contributed by atoms with Crippen molar-refractivity contribution in [2.75, 3.05) is 5.43 Å².